The average Bonchev–Trinajstić information content (AvgIpc) is 2.94. The van der Waals surface area contributed by atoms with Crippen LogP contribution in [0, 0.1) is 6.92 Å². The van der Waals surface area contributed by atoms with E-state index >= 15 is 0 Å². The summed E-state index contributed by atoms with van der Waals surface area (Å²) in [7, 11) is 2.20. The Morgan fingerprint density at radius 1 is 1.00 bits per heavy atom. The van der Waals surface area contributed by atoms with Crippen LogP contribution in [0.5, 0.6) is 0 Å². The fourth-order valence-electron chi connectivity index (χ4n) is 3.84. The average molecular weight is 320 g/mol. The van der Waals surface area contributed by atoms with Crippen LogP contribution in [0.2, 0.25) is 0 Å². The molecule has 0 saturated carbocycles. The van der Waals surface area contributed by atoms with E-state index in [-0.39, 0.29) is 6.04 Å². The number of likely N-dealkylation sites (N-methyl/N-ethyl adjacent to an activating group) is 1. The number of H-pyrrole nitrogens is 1. The van der Waals surface area contributed by atoms with Crippen LogP contribution >= 0.6 is 0 Å². The van der Waals surface area contributed by atoms with Gasteiger partial charge in [-0.05, 0) is 37.7 Å². The number of pyridine rings is 1. The summed E-state index contributed by atoms with van der Waals surface area (Å²) < 4.78 is 0. The molecule has 0 unspecified atom stereocenters. The molecule has 0 bridgehead atoms. The summed E-state index contributed by atoms with van der Waals surface area (Å²) in [5.74, 6) is 0. The monoisotopic (exact) mass is 320 g/mol. The normalized spacial score (nSPS) is 18.1. The zero-order valence-corrected chi connectivity index (χ0v) is 14.4. The van der Waals surface area contributed by atoms with Gasteiger partial charge in [-0.25, -0.2) is 0 Å². The molecule has 0 amide bonds. The minimum atomic E-state index is 0.276. The lowest BCUT2D eigenvalue weighted by Gasteiger charge is -2.38. The zero-order chi connectivity index (χ0) is 16.5. The SMILES string of the molecule is Cc1[nH]c2ccccc2c1[C@@H](c1ccncc1)N1CCN(C)CC1. The number of rotatable bonds is 3. The number of nitrogens with one attached hydrogen (secondary N) is 1. The number of hydrogen-bond donors (Lipinski definition) is 1. The number of hydrogen-bond acceptors (Lipinski definition) is 3. The van der Waals surface area contributed by atoms with Crippen molar-refractivity contribution in [3.05, 3.63) is 65.6 Å². The van der Waals surface area contributed by atoms with Gasteiger partial charge in [0, 0.05) is 60.7 Å². The molecule has 1 aromatic carbocycles. The number of aromatic amines is 1. The highest BCUT2D eigenvalue weighted by Crippen LogP contribution is 2.36. The van der Waals surface area contributed by atoms with Crippen LogP contribution in [0.25, 0.3) is 10.9 Å². The van der Waals surface area contributed by atoms with E-state index in [1.54, 1.807) is 0 Å². The van der Waals surface area contributed by atoms with Crippen LogP contribution in [-0.4, -0.2) is 53.0 Å². The van der Waals surface area contributed by atoms with Gasteiger partial charge >= 0.3 is 0 Å². The van der Waals surface area contributed by atoms with E-state index in [0.29, 0.717) is 0 Å². The summed E-state index contributed by atoms with van der Waals surface area (Å²) in [6.45, 7) is 6.59. The maximum Gasteiger partial charge on any atom is 0.0627 e. The molecule has 4 nitrogen and oxygen atoms in total. The summed E-state index contributed by atoms with van der Waals surface area (Å²) in [6, 6.07) is 13.2. The van der Waals surface area contributed by atoms with Crippen molar-refractivity contribution < 1.29 is 0 Å². The predicted molar refractivity (Wildman–Crippen MR) is 98.2 cm³/mol. The molecule has 4 rings (SSSR count). The van der Waals surface area contributed by atoms with Gasteiger partial charge in [-0.3, -0.25) is 9.88 Å². The second-order valence-corrected chi connectivity index (χ2v) is 6.73. The Balaban J connectivity index is 1.84. The highest BCUT2D eigenvalue weighted by Gasteiger charge is 2.28. The van der Waals surface area contributed by atoms with E-state index in [1.165, 1.54) is 27.7 Å². The highest BCUT2D eigenvalue weighted by molar-refractivity contribution is 5.85. The molecule has 24 heavy (non-hydrogen) atoms. The van der Waals surface area contributed by atoms with Crippen molar-refractivity contribution in [3.63, 3.8) is 0 Å². The molecule has 2 aromatic heterocycles. The molecule has 1 aliphatic heterocycles. The summed E-state index contributed by atoms with van der Waals surface area (Å²) in [4.78, 5) is 12.8. The third-order valence-corrected chi connectivity index (χ3v) is 5.14. The number of fused-ring (bicyclic) bond motifs is 1. The number of para-hydroxylation sites is 1. The van der Waals surface area contributed by atoms with Gasteiger partial charge in [0.25, 0.3) is 0 Å². The van der Waals surface area contributed by atoms with Crippen LogP contribution in [-0.2, 0) is 0 Å². The molecule has 1 atom stereocenters. The predicted octanol–water partition coefficient (Wildman–Crippen LogP) is 3.21. The first-order valence-corrected chi connectivity index (χ1v) is 8.64. The third-order valence-electron chi connectivity index (χ3n) is 5.14. The molecule has 1 fully saturated rings. The van der Waals surface area contributed by atoms with Crippen LogP contribution in [0.1, 0.15) is 22.9 Å². The van der Waals surface area contributed by atoms with Crippen molar-refractivity contribution in [1.82, 2.24) is 19.8 Å². The van der Waals surface area contributed by atoms with E-state index < -0.39 is 0 Å². The van der Waals surface area contributed by atoms with Crippen molar-refractivity contribution in [2.45, 2.75) is 13.0 Å². The molecule has 0 radical (unpaired) electrons. The number of nitrogens with zero attached hydrogens (tertiary/aromatic N) is 3. The van der Waals surface area contributed by atoms with Crippen molar-refractivity contribution in [2.24, 2.45) is 0 Å². The molecule has 1 saturated heterocycles. The van der Waals surface area contributed by atoms with Crippen molar-refractivity contribution >= 4 is 10.9 Å². The maximum atomic E-state index is 4.22. The fraction of sp³-hybridized carbons (Fsp3) is 0.350. The van der Waals surface area contributed by atoms with Crippen molar-refractivity contribution in [2.75, 3.05) is 33.2 Å². The second kappa shape index (κ2) is 6.38. The van der Waals surface area contributed by atoms with E-state index in [4.69, 9.17) is 0 Å². The van der Waals surface area contributed by atoms with Gasteiger partial charge in [0.1, 0.15) is 0 Å². The number of aromatic nitrogens is 2. The van der Waals surface area contributed by atoms with E-state index in [2.05, 4.69) is 70.1 Å². The van der Waals surface area contributed by atoms with Gasteiger partial charge in [0.15, 0.2) is 0 Å². The number of aryl methyl sites for hydroxylation is 1. The van der Waals surface area contributed by atoms with E-state index in [0.717, 1.165) is 26.2 Å². The maximum absolute atomic E-state index is 4.22. The molecule has 1 N–H and O–H groups in total. The van der Waals surface area contributed by atoms with E-state index in [1.807, 2.05) is 12.4 Å². The van der Waals surface area contributed by atoms with Gasteiger partial charge in [0.2, 0.25) is 0 Å². The summed E-state index contributed by atoms with van der Waals surface area (Å²) in [6.07, 6.45) is 3.81. The molecule has 0 spiro atoms. The number of benzene rings is 1. The Bertz CT molecular complexity index is 816. The lowest BCUT2D eigenvalue weighted by molar-refractivity contribution is 0.127. The minimum absolute atomic E-state index is 0.276. The Hall–Kier alpha value is -2.17. The largest absolute Gasteiger partial charge is 0.358 e. The van der Waals surface area contributed by atoms with Gasteiger partial charge in [-0.1, -0.05) is 18.2 Å². The molecule has 1 aliphatic rings. The molecule has 3 heterocycles. The first kappa shape index (κ1) is 15.4. The molecule has 4 heteroatoms. The summed E-state index contributed by atoms with van der Waals surface area (Å²) >= 11 is 0. The standard InChI is InChI=1S/C20H24N4/c1-15-19(17-5-3-4-6-18(17)22-15)20(16-7-9-21-10-8-16)24-13-11-23(2)12-14-24/h3-10,20,22H,11-14H2,1-2H3/t20-/m1/s1. The zero-order valence-electron chi connectivity index (χ0n) is 14.4. The molecular formula is C20H24N4. The van der Waals surface area contributed by atoms with E-state index in [9.17, 15) is 0 Å². The Morgan fingerprint density at radius 2 is 1.71 bits per heavy atom. The third kappa shape index (κ3) is 2.72. The minimum Gasteiger partial charge on any atom is -0.358 e. The Morgan fingerprint density at radius 3 is 2.46 bits per heavy atom. The topological polar surface area (TPSA) is 35.2 Å². The Labute approximate surface area is 143 Å². The fourth-order valence-corrected chi connectivity index (χ4v) is 3.84. The highest BCUT2D eigenvalue weighted by atomic mass is 15.3. The number of piperazine rings is 1. The van der Waals surface area contributed by atoms with Gasteiger partial charge in [-0.15, -0.1) is 0 Å². The molecular weight excluding hydrogens is 296 g/mol. The van der Waals surface area contributed by atoms with Crippen LogP contribution in [0.3, 0.4) is 0 Å². The lowest BCUT2D eigenvalue weighted by atomic mass is 9.94. The second-order valence-electron chi connectivity index (χ2n) is 6.73. The van der Waals surface area contributed by atoms with Crippen LogP contribution in [0.4, 0.5) is 0 Å². The smallest absolute Gasteiger partial charge is 0.0627 e. The Kier molecular flexibility index (Phi) is 4.08. The quantitative estimate of drug-likeness (QED) is 0.805. The molecule has 124 valence electrons. The summed E-state index contributed by atoms with van der Waals surface area (Å²) in [5.41, 5.74) is 5.21. The van der Waals surface area contributed by atoms with Gasteiger partial charge in [0.05, 0.1) is 6.04 Å². The first-order valence-electron chi connectivity index (χ1n) is 8.64. The van der Waals surface area contributed by atoms with Gasteiger partial charge in [-0.2, -0.15) is 0 Å². The molecule has 0 aliphatic carbocycles. The first-order chi connectivity index (χ1) is 11.7. The van der Waals surface area contributed by atoms with Crippen molar-refractivity contribution in [3.8, 4) is 0 Å². The summed E-state index contributed by atoms with van der Waals surface area (Å²) in [5, 5.41) is 1.33. The van der Waals surface area contributed by atoms with Crippen molar-refractivity contribution in [1.29, 1.82) is 0 Å². The lowest BCUT2D eigenvalue weighted by Crippen LogP contribution is -2.46. The molecule has 3 aromatic rings. The van der Waals surface area contributed by atoms with Gasteiger partial charge < -0.3 is 9.88 Å². The van der Waals surface area contributed by atoms with Crippen LogP contribution < -0.4 is 0 Å². The van der Waals surface area contributed by atoms with Crippen LogP contribution in [0.15, 0.2) is 48.8 Å².